The first-order valence-electron chi connectivity index (χ1n) is 5.94. The molecule has 1 saturated heterocycles. The zero-order chi connectivity index (χ0) is 12.6. The van der Waals surface area contributed by atoms with Gasteiger partial charge in [0.25, 0.3) is 0 Å². The van der Waals surface area contributed by atoms with E-state index in [0.29, 0.717) is 0 Å². The number of hydrogen-bond acceptors (Lipinski definition) is 4. The van der Waals surface area contributed by atoms with Gasteiger partial charge in [0.1, 0.15) is 6.04 Å². The zero-order valence-electron chi connectivity index (χ0n) is 10.4. The number of carboxylic acid groups (broad SMARTS) is 1. The van der Waals surface area contributed by atoms with Crippen molar-refractivity contribution in [1.29, 1.82) is 0 Å². The number of rotatable bonds is 2. The van der Waals surface area contributed by atoms with Crippen LogP contribution in [0.1, 0.15) is 30.3 Å². The Morgan fingerprint density at radius 2 is 2.24 bits per heavy atom. The standard InChI is InChI=1S/C12H18N2O2S/c1-7-5-4-6-14(10(7)11(15)16)12-13-8(2)9(3)17-12/h7,10H,4-6H2,1-3H3,(H,15,16). The van der Waals surface area contributed by atoms with Crippen molar-refractivity contribution in [1.82, 2.24) is 4.98 Å². The van der Waals surface area contributed by atoms with Gasteiger partial charge in [0.15, 0.2) is 5.13 Å². The maximum Gasteiger partial charge on any atom is 0.326 e. The quantitative estimate of drug-likeness (QED) is 0.880. The Kier molecular flexibility index (Phi) is 3.38. The van der Waals surface area contributed by atoms with E-state index in [0.717, 1.165) is 30.2 Å². The van der Waals surface area contributed by atoms with Crippen LogP contribution in [0.4, 0.5) is 5.13 Å². The van der Waals surface area contributed by atoms with Crippen molar-refractivity contribution in [3.8, 4) is 0 Å². The predicted molar refractivity (Wildman–Crippen MR) is 68.8 cm³/mol. The lowest BCUT2D eigenvalue weighted by molar-refractivity contribution is -0.140. The number of piperidine rings is 1. The average Bonchev–Trinajstić information content (AvgIpc) is 2.58. The lowest BCUT2D eigenvalue weighted by Gasteiger charge is -2.37. The zero-order valence-corrected chi connectivity index (χ0v) is 11.3. The third-order valence-electron chi connectivity index (χ3n) is 3.45. The molecule has 5 heteroatoms. The molecule has 0 bridgehead atoms. The Hall–Kier alpha value is -1.10. The molecule has 1 aromatic heterocycles. The van der Waals surface area contributed by atoms with Crippen molar-refractivity contribution in [3.05, 3.63) is 10.6 Å². The van der Waals surface area contributed by atoms with E-state index in [-0.39, 0.29) is 5.92 Å². The Balaban J connectivity index is 2.31. The lowest BCUT2D eigenvalue weighted by Crippen LogP contribution is -2.49. The van der Waals surface area contributed by atoms with Crippen LogP contribution in [0.2, 0.25) is 0 Å². The van der Waals surface area contributed by atoms with Crippen LogP contribution in [0.15, 0.2) is 0 Å². The molecule has 17 heavy (non-hydrogen) atoms. The van der Waals surface area contributed by atoms with E-state index in [4.69, 9.17) is 0 Å². The Morgan fingerprint density at radius 3 is 2.76 bits per heavy atom. The maximum absolute atomic E-state index is 11.4. The first kappa shape index (κ1) is 12.4. The molecular weight excluding hydrogens is 236 g/mol. The van der Waals surface area contributed by atoms with Crippen LogP contribution in [0.25, 0.3) is 0 Å². The molecule has 1 aliphatic rings. The predicted octanol–water partition coefficient (Wildman–Crippen LogP) is 2.45. The molecule has 0 spiro atoms. The molecule has 1 aliphatic heterocycles. The molecule has 94 valence electrons. The van der Waals surface area contributed by atoms with E-state index in [1.54, 1.807) is 11.3 Å². The molecule has 2 atom stereocenters. The summed E-state index contributed by atoms with van der Waals surface area (Å²) in [4.78, 5) is 19.0. The molecule has 0 amide bonds. The highest BCUT2D eigenvalue weighted by atomic mass is 32.1. The van der Waals surface area contributed by atoms with Crippen LogP contribution >= 0.6 is 11.3 Å². The summed E-state index contributed by atoms with van der Waals surface area (Å²) in [5.41, 5.74) is 1.01. The highest BCUT2D eigenvalue weighted by Gasteiger charge is 2.35. The topological polar surface area (TPSA) is 53.4 Å². The summed E-state index contributed by atoms with van der Waals surface area (Å²) in [5, 5.41) is 10.2. The Morgan fingerprint density at radius 1 is 1.53 bits per heavy atom. The number of nitrogens with zero attached hydrogens (tertiary/aromatic N) is 2. The van der Waals surface area contributed by atoms with Crippen molar-refractivity contribution in [2.75, 3.05) is 11.4 Å². The molecule has 0 aromatic carbocycles. The molecule has 0 radical (unpaired) electrons. The second-order valence-electron chi connectivity index (χ2n) is 4.73. The maximum atomic E-state index is 11.4. The number of aryl methyl sites for hydroxylation is 2. The second-order valence-corrected chi connectivity index (χ2v) is 5.92. The number of aromatic nitrogens is 1. The van der Waals surface area contributed by atoms with Gasteiger partial charge in [0.05, 0.1) is 5.69 Å². The minimum atomic E-state index is -0.734. The van der Waals surface area contributed by atoms with Gasteiger partial charge in [0, 0.05) is 11.4 Å². The number of hydrogen-bond donors (Lipinski definition) is 1. The van der Waals surface area contributed by atoms with Gasteiger partial charge in [-0.15, -0.1) is 11.3 Å². The summed E-state index contributed by atoms with van der Waals surface area (Å²) in [5.74, 6) is -0.548. The molecule has 1 fully saturated rings. The van der Waals surface area contributed by atoms with Gasteiger partial charge in [0.2, 0.25) is 0 Å². The summed E-state index contributed by atoms with van der Waals surface area (Å²) in [6.45, 7) is 6.81. The van der Waals surface area contributed by atoms with E-state index in [1.807, 2.05) is 25.7 Å². The first-order chi connectivity index (χ1) is 8.00. The second kappa shape index (κ2) is 4.64. The fourth-order valence-electron chi connectivity index (χ4n) is 2.36. The third-order valence-corrected chi connectivity index (χ3v) is 4.56. The smallest absolute Gasteiger partial charge is 0.326 e. The molecular formula is C12H18N2O2S. The fourth-order valence-corrected chi connectivity index (χ4v) is 3.33. The Labute approximate surface area is 105 Å². The van der Waals surface area contributed by atoms with Crippen LogP contribution in [0.3, 0.4) is 0 Å². The minimum Gasteiger partial charge on any atom is -0.480 e. The summed E-state index contributed by atoms with van der Waals surface area (Å²) in [6.07, 6.45) is 2.03. The summed E-state index contributed by atoms with van der Waals surface area (Å²) in [6, 6.07) is -0.423. The van der Waals surface area contributed by atoms with Gasteiger partial charge in [-0.1, -0.05) is 6.92 Å². The fraction of sp³-hybridized carbons (Fsp3) is 0.667. The third kappa shape index (κ3) is 2.29. The molecule has 2 rings (SSSR count). The number of thiazole rings is 1. The molecule has 4 nitrogen and oxygen atoms in total. The first-order valence-corrected chi connectivity index (χ1v) is 6.76. The van der Waals surface area contributed by atoms with Crippen molar-refractivity contribution in [2.45, 2.75) is 39.7 Å². The minimum absolute atomic E-state index is 0.186. The SMILES string of the molecule is Cc1nc(N2CCCC(C)C2C(=O)O)sc1C. The van der Waals surface area contributed by atoms with Crippen LogP contribution in [-0.2, 0) is 4.79 Å². The number of carbonyl (C=O) groups is 1. The van der Waals surface area contributed by atoms with Gasteiger partial charge in [-0.25, -0.2) is 9.78 Å². The van der Waals surface area contributed by atoms with Crippen molar-refractivity contribution in [2.24, 2.45) is 5.92 Å². The van der Waals surface area contributed by atoms with Crippen LogP contribution in [0, 0.1) is 19.8 Å². The summed E-state index contributed by atoms with van der Waals surface area (Å²) >= 11 is 1.60. The molecule has 0 aliphatic carbocycles. The van der Waals surface area contributed by atoms with Crippen molar-refractivity contribution in [3.63, 3.8) is 0 Å². The van der Waals surface area contributed by atoms with E-state index >= 15 is 0 Å². The Bertz CT molecular complexity index is 411. The molecule has 1 aromatic rings. The van der Waals surface area contributed by atoms with E-state index in [9.17, 15) is 9.90 Å². The van der Waals surface area contributed by atoms with Gasteiger partial charge in [-0.3, -0.25) is 0 Å². The normalized spacial score (nSPS) is 25.0. The lowest BCUT2D eigenvalue weighted by atomic mass is 9.91. The van der Waals surface area contributed by atoms with E-state index < -0.39 is 12.0 Å². The van der Waals surface area contributed by atoms with Crippen molar-refractivity contribution >= 4 is 22.4 Å². The van der Waals surface area contributed by atoms with Crippen LogP contribution in [0.5, 0.6) is 0 Å². The van der Waals surface area contributed by atoms with Crippen LogP contribution < -0.4 is 4.90 Å². The van der Waals surface area contributed by atoms with Gasteiger partial charge < -0.3 is 10.0 Å². The average molecular weight is 254 g/mol. The largest absolute Gasteiger partial charge is 0.480 e. The van der Waals surface area contributed by atoms with E-state index in [1.165, 1.54) is 4.88 Å². The van der Waals surface area contributed by atoms with E-state index in [2.05, 4.69) is 4.98 Å². The molecule has 2 unspecified atom stereocenters. The van der Waals surface area contributed by atoms with Gasteiger partial charge in [-0.05, 0) is 32.6 Å². The number of carboxylic acids is 1. The van der Waals surface area contributed by atoms with Crippen molar-refractivity contribution < 1.29 is 9.90 Å². The van der Waals surface area contributed by atoms with Crippen LogP contribution in [-0.4, -0.2) is 28.6 Å². The number of anilines is 1. The number of aliphatic carboxylic acids is 1. The van der Waals surface area contributed by atoms with Gasteiger partial charge in [-0.2, -0.15) is 0 Å². The molecule has 0 saturated carbocycles. The monoisotopic (exact) mass is 254 g/mol. The molecule has 1 N–H and O–H groups in total. The molecule has 2 heterocycles. The highest BCUT2D eigenvalue weighted by molar-refractivity contribution is 7.15. The van der Waals surface area contributed by atoms with Gasteiger partial charge >= 0.3 is 5.97 Å². The summed E-state index contributed by atoms with van der Waals surface area (Å²) < 4.78 is 0. The highest BCUT2D eigenvalue weighted by Crippen LogP contribution is 2.32. The summed E-state index contributed by atoms with van der Waals surface area (Å²) in [7, 11) is 0.